The number of hydrogen-bond acceptors (Lipinski definition) is 2. The first-order valence-electron chi connectivity index (χ1n) is 6.51. The first-order valence-corrected chi connectivity index (χ1v) is 6.51. The average Bonchev–Trinajstić information content (AvgIpc) is 2.68. The van der Waals surface area contributed by atoms with Crippen molar-refractivity contribution in [2.24, 2.45) is 0 Å². The van der Waals surface area contributed by atoms with E-state index < -0.39 is 0 Å². The molecule has 0 unspecified atom stereocenters. The largest absolute Gasteiger partial charge is 0.383 e. The Kier molecular flexibility index (Phi) is 3.80. The molecule has 0 aliphatic carbocycles. The van der Waals surface area contributed by atoms with Gasteiger partial charge in [-0.25, -0.2) is 9.37 Å². The molecule has 2 rings (SSSR count). The van der Waals surface area contributed by atoms with Crippen molar-refractivity contribution in [2.45, 2.75) is 33.2 Å². The Morgan fingerprint density at radius 2 is 2.15 bits per heavy atom. The third-order valence-electron chi connectivity index (χ3n) is 3.25. The lowest BCUT2D eigenvalue weighted by Gasteiger charge is -2.08. The van der Waals surface area contributed by atoms with Gasteiger partial charge in [0.15, 0.2) is 0 Å². The fourth-order valence-electron chi connectivity index (χ4n) is 2.27. The van der Waals surface area contributed by atoms with Crippen molar-refractivity contribution in [1.29, 1.82) is 0 Å². The van der Waals surface area contributed by atoms with Gasteiger partial charge in [-0.1, -0.05) is 19.8 Å². The summed E-state index contributed by atoms with van der Waals surface area (Å²) < 4.78 is 15.0. The van der Waals surface area contributed by atoms with Crippen molar-refractivity contribution in [3.63, 3.8) is 0 Å². The summed E-state index contributed by atoms with van der Waals surface area (Å²) in [6.07, 6.45) is 5.39. The lowest BCUT2D eigenvalue weighted by molar-refractivity contribution is 0.627. The molecule has 2 N–H and O–H groups in total. The number of nitrogens with two attached hydrogens (primary N) is 1. The average molecular weight is 271 g/mol. The Morgan fingerprint density at radius 1 is 1.45 bits per heavy atom. The lowest BCUT2D eigenvalue weighted by atomic mass is 10.1. The van der Waals surface area contributed by atoms with Gasteiger partial charge in [0.25, 0.3) is 0 Å². The van der Waals surface area contributed by atoms with Crippen molar-refractivity contribution in [3.05, 3.63) is 35.4 Å². The number of nitrogens with zero attached hydrogens (tertiary/aromatic N) is 2. The lowest BCUT2D eigenvalue weighted by Crippen LogP contribution is -2.07. The third-order valence-corrected chi connectivity index (χ3v) is 3.25. The van der Waals surface area contributed by atoms with Gasteiger partial charge < -0.3 is 10.3 Å². The summed E-state index contributed by atoms with van der Waals surface area (Å²) in [5, 5.41) is 0. The van der Waals surface area contributed by atoms with Gasteiger partial charge in [-0.15, -0.1) is 6.42 Å². The van der Waals surface area contributed by atoms with Gasteiger partial charge in [0, 0.05) is 11.5 Å². The van der Waals surface area contributed by atoms with Crippen LogP contribution in [0.1, 0.15) is 31.2 Å². The fourth-order valence-corrected chi connectivity index (χ4v) is 2.27. The molecule has 104 valence electrons. The predicted octanol–water partition coefficient (Wildman–Crippen LogP) is 3.34. The molecule has 1 heterocycles. The number of halogens is 1. The Balaban J connectivity index is 2.63. The molecule has 0 radical (unpaired) electrons. The van der Waals surface area contributed by atoms with Crippen LogP contribution < -0.4 is 5.73 Å². The molecule has 2 aromatic rings. The Labute approximate surface area is 118 Å². The number of aromatic nitrogens is 2. The number of rotatable bonds is 3. The van der Waals surface area contributed by atoms with Gasteiger partial charge in [-0.2, -0.15) is 0 Å². The van der Waals surface area contributed by atoms with E-state index in [2.05, 4.69) is 10.9 Å². The van der Waals surface area contributed by atoms with Crippen LogP contribution in [0.15, 0.2) is 18.2 Å². The predicted molar refractivity (Wildman–Crippen MR) is 79.7 cm³/mol. The normalized spacial score (nSPS) is 10.8. The van der Waals surface area contributed by atoms with Crippen LogP contribution in [0, 0.1) is 25.1 Å². The number of aryl methyl sites for hydroxylation is 1. The number of hydrogen-bond donors (Lipinski definition) is 1. The molecule has 0 aliphatic heterocycles. The zero-order valence-corrected chi connectivity index (χ0v) is 11.9. The quantitative estimate of drug-likeness (QED) is 0.870. The number of nitrogen functional groups attached to an aromatic ring is 1. The zero-order chi connectivity index (χ0) is 14.9. The molecule has 1 aromatic heterocycles. The fraction of sp³-hybridized carbons (Fsp3) is 0.312. The Morgan fingerprint density at radius 3 is 2.70 bits per heavy atom. The minimum absolute atomic E-state index is 0.208. The van der Waals surface area contributed by atoms with Gasteiger partial charge >= 0.3 is 0 Å². The molecule has 3 nitrogen and oxygen atoms in total. The number of terminal acetylenes is 1. The number of imidazole rings is 1. The van der Waals surface area contributed by atoms with Crippen molar-refractivity contribution in [1.82, 2.24) is 9.55 Å². The standard InChI is InChI=1S/C16H18FN3/c1-5-8-20-15(18)14(19-16(20)10(2)3)13-7-6-12(17)9-11(13)4/h1,6-7,9-10H,8,18H2,2-4H3. The maximum absolute atomic E-state index is 13.2. The molecule has 0 atom stereocenters. The molecule has 0 spiro atoms. The molecule has 0 aliphatic rings. The van der Waals surface area contributed by atoms with E-state index in [9.17, 15) is 4.39 Å². The van der Waals surface area contributed by atoms with E-state index in [-0.39, 0.29) is 11.7 Å². The summed E-state index contributed by atoms with van der Waals surface area (Å²) in [6.45, 7) is 6.30. The summed E-state index contributed by atoms with van der Waals surface area (Å²) in [7, 11) is 0. The minimum Gasteiger partial charge on any atom is -0.383 e. The van der Waals surface area contributed by atoms with Crippen LogP contribution in [0.25, 0.3) is 11.3 Å². The molecule has 0 amide bonds. The van der Waals surface area contributed by atoms with Gasteiger partial charge in [0.1, 0.15) is 23.2 Å². The second-order valence-corrected chi connectivity index (χ2v) is 5.11. The maximum Gasteiger partial charge on any atom is 0.132 e. The Bertz CT molecular complexity index is 678. The highest BCUT2D eigenvalue weighted by molar-refractivity contribution is 5.73. The third kappa shape index (κ3) is 2.39. The van der Waals surface area contributed by atoms with E-state index >= 15 is 0 Å². The van der Waals surface area contributed by atoms with Crippen LogP contribution in [-0.4, -0.2) is 9.55 Å². The van der Waals surface area contributed by atoms with Gasteiger partial charge in [0.2, 0.25) is 0 Å². The van der Waals surface area contributed by atoms with E-state index in [4.69, 9.17) is 12.2 Å². The van der Waals surface area contributed by atoms with E-state index in [1.807, 2.05) is 25.3 Å². The number of anilines is 1. The topological polar surface area (TPSA) is 43.8 Å². The van der Waals surface area contributed by atoms with Crippen LogP contribution in [0.4, 0.5) is 10.2 Å². The SMILES string of the molecule is C#CCn1c(C(C)C)nc(-c2ccc(F)cc2C)c1N. The van der Waals surface area contributed by atoms with Gasteiger partial charge in [0.05, 0.1) is 6.54 Å². The molecule has 4 heteroatoms. The van der Waals surface area contributed by atoms with E-state index in [0.29, 0.717) is 18.1 Å². The highest BCUT2D eigenvalue weighted by Crippen LogP contribution is 2.31. The van der Waals surface area contributed by atoms with Crippen molar-refractivity contribution in [2.75, 3.05) is 5.73 Å². The van der Waals surface area contributed by atoms with Crippen molar-refractivity contribution in [3.8, 4) is 23.6 Å². The summed E-state index contributed by atoms with van der Waals surface area (Å²) in [4.78, 5) is 4.61. The first-order chi connectivity index (χ1) is 9.45. The van der Waals surface area contributed by atoms with E-state index in [1.165, 1.54) is 12.1 Å². The van der Waals surface area contributed by atoms with Crippen LogP contribution >= 0.6 is 0 Å². The van der Waals surface area contributed by atoms with Gasteiger partial charge in [-0.05, 0) is 30.7 Å². The van der Waals surface area contributed by atoms with Crippen LogP contribution in [-0.2, 0) is 6.54 Å². The summed E-state index contributed by atoms with van der Waals surface area (Å²) in [5.41, 5.74) is 8.48. The van der Waals surface area contributed by atoms with Crippen LogP contribution in [0.2, 0.25) is 0 Å². The summed E-state index contributed by atoms with van der Waals surface area (Å²) in [6, 6.07) is 4.59. The highest BCUT2D eigenvalue weighted by Gasteiger charge is 2.19. The molecule has 0 saturated carbocycles. The van der Waals surface area contributed by atoms with Crippen molar-refractivity contribution < 1.29 is 4.39 Å². The highest BCUT2D eigenvalue weighted by atomic mass is 19.1. The summed E-state index contributed by atoms with van der Waals surface area (Å²) in [5.74, 6) is 3.91. The first kappa shape index (κ1) is 14.1. The van der Waals surface area contributed by atoms with Crippen LogP contribution in [0.5, 0.6) is 0 Å². The molecular formula is C16H18FN3. The van der Waals surface area contributed by atoms with E-state index in [1.54, 1.807) is 6.07 Å². The second kappa shape index (κ2) is 5.38. The maximum atomic E-state index is 13.2. The molecule has 0 fully saturated rings. The molecule has 0 saturated heterocycles. The minimum atomic E-state index is -0.267. The second-order valence-electron chi connectivity index (χ2n) is 5.11. The van der Waals surface area contributed by atoms with E-state index in [0.717, 1.165) is 17.0 Å². The molecule has 20 heavy (non-hydrogen) atoms. The summed E-state index contributed by atoms with van der Waals surface area (Å²) >= 11 is 0. The van der Waals surface area contributed by atoms with Gasteiger partial charge in [-0.3, -0.25) is 0 Å². The smallest absolute Gasteiger partial charge is 0.132 e. The van der Waals surface area contributed by atoms with Crippen LogP contribution in [0.3, 0.4) is 0 Å². The monoisotopic (exact) mass is 271 g/mol. The van der Waals surface area contributed by atoms with Crippen molar-refractivity contribution >= 4 is 5.82 Å². The molecular weight excluding hydrogens is 253 g/mol. The number of benzene rings is 1. The Hall–Kier alpha value is -2.28. The molecule has 0 bridgehead atoms. The molecule has 1 aromatic carbocycles. The zero-order valence-electron chi connectivity index (χ0n) is 11.9.